The average Bonchev–Trinajstić information content (AvgIpc) is 2.29. The average molecular weight is 249 g/mol. The molecule has 1 rings (SSSR count). The van der Waals surface area contributed by atoms with Crippen LogP contribution in [0.15, 0.2) is 18.2 Å². The first-order chi connectivity index (χ1) is 8.49. The molecule has 0 amide bonds. The van der Waals surface area contributed by atoms with Gasteiger partial charge in [-0.15, -0.1) is 0 Å². The highest BCUT2D eigenvalue weighted by atomic mass is 19.1. The van der Waals surface area contributed by atoms with Gasteiger partial charge in [0.25, 0.3) is 0 Å². The second-order valence-corrected chi connectivity index (χ2v) is 4.51. The molecule has 0 saturated heterocycles. The third-order valence-electron chi connectivity index (χ3n) is 2.56. The van der Waals surface area contributed by atoms with Crippen molar-refractivity contribution in [2.24, 2.45) is 5.92 Å². The summed E-state index contributed by atoms with van der Waals surface area (Å²) in [6.07, 6.45) is 0.290. The Morgan fingerprint density at radius 1 is 1.50 bits per heavy atom. The number of hydrogen-bond acceptors (Lipinski definition) is 3. The summed E-state index contributed by atoms with van der Waals surface area (Å²) in [6, 6.07) is 5.78. The van der Waals surface area contributed by atoms with Gasteiger partial charge in [-0.25, -0.2) is 4.39 Å². The molecular formula is C14H16FNO2. The van der Waals surface area contributed by atoms with Crippen LogP contribution >= 0.6 is 0 Å². The first kappa shape index (κ1) is 14.2. The Bertz CT molecular complexity index is 477. The quantitative estimate of drug-likeness (QED) is 0.805. The molecule has 4 heteroatoms. The van der Waals surface area contributed by atoms with Crippen LogP contribution in [0.3, 0.4) is 0 Å². The van der Waals surface area contributed by atoms with Gasteiger partial charge in [0.05, 0.1) is 13.2 Å². The number of nitrogens with zero attached hydrogens (tertiary/aromatic N) is 1. The molecule has 0 aliphatic carbocycles. The Morgan fingerprint density at radius 3 is 2.67 bits per heavy atom. The third-order valence-corrected chi connectivity index (χ3v) is 2.56. The normalized spacial score (nSPS) is 12.0. The number of methoxy groups -OCH3 is 1. The number of rotatable bonds is 5. The predicted molar refractivity (Wildman–Crippen MR) is 65.8 cm³/mol. The highest BCUT2D eigenvalue weighted by Gasteiger charge is 2.24. The molecule has 0 aliphatic rings. The minimum Gasteiger partial charge on any atom is -0.496 e. The molecule has 1 aromatic carbocycles. The van der Waals surface area contributed by atoms with Gasteiger partial charge in [-0.2, -0.15) is 5.26 Å². The molecule has 0 radical (unpaired) electrons. The largest absolute Gasteiger partial charge is 0.496 e. The van der Waals surface area contributed by atoms with Crippen LogP contribution in [0, 0.1) is 23.1 Å². The molecule has 1 atom stereocenters. The van der Waals surface area contributed by atoms with Gasteiger partial charge in [0.15, 0.2) is 5.78 Å². The zero-order valence-electron chi connectivity index (χ0n) is 10.7. The summed E-state index contributed by atoms with van der Waals surface area (Å²) < 4.78 is 18.3. The maximum absolute atomic E-state index is 13.2. The van der Waals surface area contributed by atoms with Crippen molar-refractivity contribution < 1.29 is 13.9 Å². The Morgan fingerprint density at radius 2 is 2.17 bits per heavy atom. The highest BCUT2D eigenvalue weighted by molar-refractivity contribution is 5.89. The summed E-state index contributed by atoms with van der Waals surface area (Å²) in [4.78, 5) is 12.0. The molecule has 3 nitrogen and oxygen atoms in total. The Hall–Kier alpha value is -1.89. The molecule has 0 aromatic heterocycles. The van der Waals surface area contributed by atoms with E-state index in [1.54, 1.807) is 0 Å². The van der Waals surface area contributed by atoms with E-state index in [1.165, 1.54) is 25.3 Å². The van der Waals surface area contributed by atoms with Crippen molar-refractivity contribution in [2.75, 3.05) is 7.11 Å². The zero-order chi connectivity index (χ0) is 13.7. The fourth-order valence-corrected chi connectivity index (χ4v) is 1.77. The molecular weight excluding hydrogens is 233 g/mol. The first-order valence-corrected chi connectivity index (χ1v) is 5.75. The van der Waals surface area contributed by atoms with Gasteiger partial charge in [0, 0.05) is 12.0 Å². The highest BCUT2D eigenvalue weighted by Crippen LogP contribution is 2.29. The van der Waals surface area contributed by atoms with E-state index in [2.05, 4.69) is 0 Å². The zero-order valence-corrected chi connectivity index (χ0v) is 10.7. The number of halogens is 1. The first-order valence-electron chi connectivity index (χ1n) is 5.75. The molecule has 0 aliphatic heterocycles. The fourth-order valence-electron chi connectivity index (χ4n) is 1.77. The van der Waals surface area contributed by atoms with Gasteiger partial charge in [-0.1, -0.05) is 13.8 Å². The monoisotopic (exact) mass is 249 g/mol. The Kier molecular flexibility index (Phi) is 4.85. The summed E-state index contributed by atoms with van der Waals surface area (Å²) in [5.41, 5.74) is 0.297. The minimum atomic E-state index is -0.974. The van der Waals surface area contributed by atoms with Crippen molar-refractivity contribution in [1.29, 1.82) is 5.26 Å². The molecule has 0 heterocycles. The van der Waals surface area contributed by atoms with Crippen LogP contribution in [0.2, 0.25) is 0 Å². The molecule has 0 N–H and O–H groups in total. The van der Waals surface area contributed by atoms with E-state index in [0.717, 1.165) is 0 Å². The lowest BCUT2D eigenvalue weighted by Gasteiger charge is -2.14. The van der Waals surface area contributed by atoms with Gasteiger partial charge in [0.2, 0.25) is 0 Å². The molecule has 96 valence electrons. The van der Waals surface area contributed by atoms with E-state index < -0.39 is 11.7 Å². The number of nitriles is 1. The number of carbonyl (C=O) groups is 1. The van der Waals surface area contributed by atoms with Crippen LogP contribution in [0.25, 0.3) is 0 Å². The molecule has 1 aromatic rings. The van der Waals surface area contributed by atoms with Gasteiger partial charge in [0.1, 0.15) is 17.5 Å². The summed E-state index contributed by atoms with van der Waals surface area (Å²) >= 11 is 0. The summed E-state index contributed by atoms with van der Waals surface area (Å²) in [6.45, 7) is 3.80. The number of carbonyl (C=O) groups excluding carboxylic acids is 1. The lowest BCUT2D eigenvalue weighted by Crippen LogP contribution is -2.14. The van der Waals surface area contributed by atoms with Crippen molar-refractivity contribution in [2.45, 2.75) is 26.2 Å². The lowest BCUT2D eigenvalue weighted by atomic mass is 9.90. The summed E-state index contributed by atoms with van der Waals surface area (Å²) in [5, 5.41) is 9.12. The van der Waals surface area contributed by atoms with E-state index in [4.69, 9.17) is 10.00 Å². The lowest BCUT2D eigenvalue weighted by molar-refractivity contribution is -0.120. The smallest absolute Gasteiger partial charge is 0.154 e. The van der Waals surface area contributed by atoms with Gasteiger partial charge in [-0.05, 0) is 24.1 Å². The molecule has 1 unspecified atom stereocenters. The summed E-state index contributed by atoms with van der Waals surface area (Å²) in [5.74, 6) is -1.15. The maximum atomic E-state index is 13.2. The fraction of sp³-hybridized carbons (Fsp3) is 0.429. The molecule has 0 spiro atoms. The number of Topliss-reactive ketones (excluding diaryl/α,β-unsaturated/α-hetero) is 1. The van der Waals surface area contributed by atoms with Crippen LogP contribution in [-0.2, 0) is 4.79 Å². The second kappa shape index (κ2) is 6.15. The van der Waals surface area contributed by atoms with Crippen molar-refractivity contribution in [3.05, 3.63) is 29.6 Å². The van der Waals surface area contributed by atoms with E-state index in [9.17, 15) is 9.18 Å². The SMILES string of the molecule is COc1ccc(F)cc1C(C#N)C(=O)CC(C)C. The van der Waals surface area contributed by atoms with E-state index >= 15 is 0 Å². The van der Waals surface area contributed by atoms with E-state index in [-0.39, 0.29) is 18.1 Å². The Balaban J connectivity index is 3.13. The number of ketones is 1. The maximum Gasteiger partial charge on any atom is 0.154 e. The van der Waals surface area contributed by atoms with Crippen molar-refractivity contribution in [3.8, 4) is 11.8 Å². The molecule has 0 fully saturated rings. The standard InChI is InChI=1S/C14H16FNO2/c1-9(2)6-13(17)12(8-16)11-7-10(15)4-5-14(11)18-3/h4-5,7,9,12H,6H2,1-3H3. The van der Waals surface area contributed by atoms with Crippen LogP contribution in [0.1, 0.15) is 31.7 Å². The van der Waals surface area contributed by atoms with Crippen molar-refractivity contribution in [3.63, 3.8) is 0 Å². The molecule has 0 bridgehead atoms. The summed E-state index contributed by atoms with van der Waals surface area (Å²) in [7, 11) is 1.43. The van der Waals surface area contributed by atoms with E-state index in [1.807, 2.05) is 19.9 Å². The van der Waals surface area contributed by atoms with Gasteiger partial charge in [-0.3, -0.25) is 4.79 Å². The van der Waals surface area contributed by atoms with Crippen LogP contribution < -0.4 is 4.74 Å². The van der Waals surface area contributed by atoms with Gasteiger partial charge >= 0.3 is 0 Å². The predicted octanol–water partition coefficient (Wildman–Crippen LogP) is 3.06. The van der Waals surface area contributed by atoms with Crippen molar-refractivity contribution in [1.82, 2.24) is 0 Å². The topological polar surface area (TPSA) is 50.1 Å². The van der Waals surface area contributed by atoms with Crippen LogP contribution in [0.5, 0.6) is 5.75 Å². The minimum absolute atomic E-state index is 0.160. The molecule has 18 heavy (non-hydrogen) atoms. The van der Waals surface area contributed by atoms with Crippen LogP contribution in [-0.4, -0.2) is 12.9 Å². The van der Waals surface area contributed by atoms with Crippen molar-refractivity contribution >= 4 is 5.78 Å². The number of ether oxygens (including phenoxy) is 1. The third kappa shape index (κ3) is 3.30. The van der Waals surface area contributed by atoms with Gasteiger partial charge < -0.3 is 4.74 Å². The Labute approximate surface area is 106 Å². The number of benzene rings is 1. The second-order valence-electron chi connectivity index (χ2n) is 4.51. The van der Waals surface area contributed by atoms with Crippen LogP contribution in [0.4, 0.5) is 4.39 Å². The van der Waals surface area contributed by atoms with E-state index in [0.29, 0.717) is 11.3 Å². The number of hydrogen-bond donors (Lipinski definition) is 0. The molecule has 0 saturated carbocycles.